The van der Waals surface area contributed by atoms with Crippen LogP contribution in [0.4, 0.5) is 16.2 Å². The highest BCUT2D eigenvalue weighted by atomic mass is 16.2. The van der Waals surface area contributed by atoms with Crippen molar-refractivity contribution in [2.24, 2.45) is 5.92 Å². The van der Waals surface area contributed by atoms with Crippen LogP contribution in [0.2, 0.25) is 0 Å². The molecule has 1 saturated heterocycles. The fraction of sp³-hybridized carbons (Fsp3) is 0.524. The third-order valence-corrected chi connectivity index (χ3v) is 6.30. The minimum Gasteiger partial charge on any atom is -0.324 e. The summed E-state index contributed by atoms with van der Waals surface area (Å²) in [5.74, 6) is -0.343. The number of anilines is 2. The Hall–Kier alpha value is -2.90. The van der Waals surface area contributed by atoms with Crippen molar-refractivity contribution >= 4 is 35.1 Å². The summed E-state index contributed by atoms with van der Waals surface area (Å²) in [5.41, 5.74) is 0.248. The maximum Gasteiger partial charge on any atom is 0.325 e. The number of hydrogen-bond acceptors (Lipinski definition) is 4. The number of carbonyl (C=O) groups is 4. The SMILES string of the molecule is CC1CCC2(CC1)NC(=O)N(CC(=O)N1c3ccccc3NC(=O)C[C@@H]1C)C2=O. The molecule has 29 heavy (non-hydrogen) atoms. The Kier molecular flexibility index (Phi) is 4.80. The summed E-state index contributed by atoms with van der Waals surface area (Å²) < 4.78 is 0. The zero-order chi connectivity index (χ0) is 20.8. The first-order valence-corrected chi connectivity index (χ1v) is 10.2. The summed E-state index contributed by atoms with van der Waals surface area (Å²) in [6, 6.07) is 6.15. The van der Waals surface area contributed by atoms with Gasteiger partial charge in [-0.1, -0.05) is 19.1 Å². The van der Waals surface area contributed by atoms with Crippen LogP contribution >= 0.6 is 0 Å². The van der Waals surface area contributed by atoms with E-state index in [9.17, 15) is 19.2 Å². The fourth-order valence-electron chi connectivity index (χ4n) is 4.59. The number of benzene rings is 1. The first-order chi connectivity index (χ1) is 13.8. The Labute approximate surface area is 169 Å². The van der Waals surface area contributed by atoms with Gasteiger partial charge in [-0.25, -0.2) is 4.79 Å². The number of imide groups is 1. The van der Waals surface area contributed by atoms with E-state index in [0.29, 0.717) is 30.1 Å². The van der Waals surface area contributed by atoms with Crippen molar-refractivity contribution in [1.29, 1.82) is 0 Å². The molecule has 0 unspecified atom stereocenters. The van der Waals surface area contributed by atoms with Crippen LogP contribution in [0.3, 0.4) is 0 Å². The molecule has 4 rings (SSSR count). The summed E-state index contributed by atoms with van der Waals surface area (Å²) in [6.07, 6.45) is 3.09. The summed E-state index contributed by atoms with van der Waals surface area (Å²) in [6.45, 7) is 3.59. The van der Waals surface area contributed by atoms with Crippen LogP contribution in [0.25, 0.3) is 0 Å². The van der Waals surface area contributed by atoms with Crippen LogP contribution in [0.15, 0.2) is 24.3 Å². The average molecular weight is 398 g/mol. The third kappa shape index (κ3) is 3.36. The molecule has 1 atom stereocenters. The molecule has 5 amide bonds. The molecule has 2 fully saturated rings. The van der Waals surface area contributed by atoms with E-state index in [0.717, 1.165) is 17.7 Å². The molecular formula is C21H26N4O4. The van der Waals surface area contributed by atoms with Gasteiger partial charge in [0, 0.05) is 12.5 Å². The monoisotopic (exact) mass is 398 g/mol. The molecule has 154 valence electrons. The summed E-state index contributed by atoms with van der Waals surface area (Å²) in [5, 5.41) is 5.65. The Morgan fingerprint density at radius 2 is 1.83 bits per heavy atom. The lowest BCUT2D eigenvalue weighted by Gasteiger charge is -2.33. The number of fused-ring (bicyclic) bond motifs is 1. The van der Waals surface area contributed by atoms with Crippen molar-refractivity contribution in [3.05, 3.63) is 24.3 Å². The first-order valence-electron chi connectivity index (χ1n) is 10.2. The van der Waals surface area contributed by atoms with Gasteiger partial charge in [-0.15, -0.1) is 0 Å². The zero-order valence-electron chi connectivity index (χ0n) is 16.7. The zero-order valence-corrected chi connectivity index (χ0v) is 16.7. The molecule has 8 heteroatoms. The second kappa shape index (κ2) is 7.17. The molecular weight excluding hydrogens is 372 g/mol. The van der Waals surface area contributed by atoms with E-state index in [1.54, 1.807) is 31.2 Å². The van der Waals surface area contributed by atoms with Crippen LogP contribution < -0.4 is 15.5 Å². The minimum atomic E-state index is -0.871. The molecule has 1 aromatic carbocycles. The second-order valence-electron chi connectivity index (χ2n) is 8.47. The van der Waals surface area contributed by atoms with Crippen molar-refractivity contribution in [1.82, 2.24) is 10.2 Å². The molecule has 0 radical (unpaired) electrons. The van der Waals surface area contributed by atoms with Crippen LogP contribution in [-0.2, 0) is 14.4 Å². The van der Waals surface area contributed by atoms with Gasteiger partial charge in [0.1, 0.15) is 12.1 Å². The number of carbonyl (C=O) groups excluding carboxylic acids is 4. The largest absolute Gasteiger partial charge is 0.325 e. The average Bonchev–Trinajstić information content (AvgIpc) is 2.81. The van der Waals surface area contributed by atoms with Gasteiger partial charge < -0.3 is 15.5 Å². The topological polar surface area (TPSA) is 98.8 Å². The van der Waals surface area contributed by atoms with Crippen molar-refractivity contribution < 1.29 is 19.2 Å². The van der Waals surface area contributed by atoms with Gasteiger partial charge in [-0.05, 0) is 50.7 Å². The number of urea groups is 1. The second-order valence-corrected chi connectivity index (χ2v) is 8.47. The van der Waals surface area contributed by atoms with E-state index in [4.69, 9.17) is 0 Å². The molecule has 1 spiro atoms. The highest BCUT2D eigenvalue weighted by Crippen LogP contribution is 2.37. The highest BCUT2D eigenvalue weighted by molar-refractivity contribution is 6.11. The Morgan fingerprint density at radius 3 is 2.55 bits per heavy atom. The molecule has 2 heterocycles. The van der Waals surface area contributed by atoms with Crippen molar-refractivity contribution in [3.63, 3.8) is 0 Å². The predicted octanol–water partition coefficient (Wildman–Crippen LogP) is 2.25. The molecule has 0 bridgehead atoms. The predicted molar refractivity (Wildman–Crippen MR) is 107 cm³/mol. The normalized spacial score (nSPS) is 29.4. The fourth-order valence-corrected chi connectivity index (χ4v) is 4.59. The lowest BCUT2D eigenvalue weighted by atomic mass is 9.77. The molecule has 1 saturated carbocycles. The van der Waals surface area contributed by atoms with Crippen LogP contribution in [-0.4, -0.2) is 46.8 Å². The molecule has 0 aromatic heterocycles. The van der Waals surface area contributed by atoms with Gasteiger partial charge in [0.25, 0.3) is 5.91 Å². The molecule has 3 aliphatic rings. The minimum absolute atomic E-state index is 0.141. The maximum absolute atomic E-state index is 13.2. The maximum atomic E-state index is 13.2. The van der Waals surface area contributed by atoms with Gasteiger partial charge in [-0.3, -0.25) is 19.3 Å². The van der Waals surface area contributed by atoms with Gasteiger partial charge in [0.15, 0.2) is 0 Å². The highest BCUT2D eigenvalue weighted by Gasteiger charge is 2.52. The summed E-state index contributed by atoms with van der Waals surface area (Å²) in [7, 11) is 0. The third-order valence-electron chi connectivity index (χ3n) is 6.30. The van der Waals surface area contributed by atoms with Crippen molar-refractivity contribution in [2.75, 3.05) is 16.8 Å². The van der Waals surface area contributed by atoms with Crippen molar-refractivity contribution in [3.8, 4) is 0 Å². The number of amides is 5. The number of nitrogens with one attached hydrogen (secondary N) is 2. The van der Waals surface area contributed by atoms with Crippen LogP contribution in [0, 0.1) is 5.92 Å². The van der Waals surface area contributed by atoms with Gasteiger partial charge >= 0.3 is 6.03 Å². The van der Waals surface area contributed by atoms with E-state index in [-0.39, 0.29) is 30.7 Å². The molecule has 2 N–H and O–H groups in total. The molecule has 1 aromatic rings. The van der Waals surface area contributed by atoms with E-state index in [1.165, 1.54) is 4.90 Å². The summed E-state index contributed by atoms with van der Waals surface area (Å²) >= 11 is 0. The van der Waals surface area contributed by atoms with E-state index in [1.807, 2.05) is 0 Å². The van der Waals surface area contributed by atoms with E-state index >= 15 is 0 Å². The van der Waals surface area contributed by atoms with Gasteiger partial charge in [0.2, 0.25) is 11.8 Å². The van der Waals surface area contributed by atoms with Crippen LogP contribution in [0.1, 0.15) is 46.0 Å². The number of hydrogen-bond donors (Lipinski definition) is 2. The van der Waals surface area contributed by atoms with Crippen LogP contribution in [0.5, 0.6) is 0 Å². The quantitative estimate of drug-likeness (QED) is 0.747. The molecule has 1 aliphatic carbocycles. The molecule has 2 aliphatic heterocycles. The smallest absolute Gasteiger partial charge is 0.324 e. The van der Waals surface area contributed by atoms with Gasteiger partial charge in [-0.2, -0.15) is 0 Å². The van der Waals surface area contributed by atoms with E-state index < -0.39 is 17.6 Å². The number of rotatable bonds is 2. The lowest BCUT2D eigenvalue weighted by molar-refractivity contribution is -0.135. The summed E-state index contributed by atoms with van der Waals surface area (Å²) in [4.78, 5) is 53.5. The molecule has 8 nitrogen and oxygen atoms in total. The van der Waals surface area contributed by atoms with E-state index in [2.05, 4.69) is 17.6 Å². The van der Waals surface area contributed by atoms with Gasteiger partial charge in [0.05, 0.1) is 11.4 Å². The Bertz CT molecular complexity index is 875. The Morgan fingerprint density at radius 1 is 1.14 bits per heavy atom. The first kappa shape index (κ1) is 19.4. The number of para-hydroxylation sites is 2. The Balaban J connectivity index is 1.57. The lowest BCUT2D eigenvalue weighted by Crippen LogP contribution is -2.50. The standard InChI is InChI=1S/C21H26N4O4/c1-13-7-9-21(10-8-13)19(28)24(20(29)23-21)12-18(27)25-14(2)11-17(26)22-15-5-3-4-6-16(15)25/h3-6,13-14H,7-12H2,1-2H3,(H,22,26)(H,23,29)/t13?,14-,21?/m0/s1. The van der Waals surface area contributed by atoms with Crippen molar-refractivity contribution in [2.45, 2.75) is 57.5 Å². The number of nitrogens with zero attached hydrogens (tertiary/aromatic N) is 2.